The average molecular weight is 339 g/mol. The Balaban J connectivity index is 1.62. The molecule has 0 unspecified atom stereocenters. The van der Waals surface area contributed by atoms with Gasteiger partial charge in [-0.2, -0.15) is 5.26 Å². The minimum atomic E-state index is 0.142. The molecule has 0 aromatic heterocycles. The molecule has 2 aliphatic rings. The van der Waals surface area contributed by atoms with Crippen LogP contribution in [0.3, 0.4) is 0 Å². The van der Waals surface area contributed by atoms with Gasteiger partial charge in [0.25, 0.3) is 0 Å². The first-order valence-electron chi connectivity index (χ1n) is 9.36. The minimum Gasteiger partial charge on any atom is -0.498 e. The number of benzene rings is 1. The summed E-state index contributed by atoms with van der Waals surface area (Å²) in [6.07, 6.45) is 3.49. The molecule has 25 heavy (non-hydrogen) atoms. The SMILES string of the molecule is CC[C@@]1(N2CCN(Cc3ccc(C#N)cc3)CC2)C=C(C)OC[C@@H]1C. The second-order valence-electron chi connectivity index (χ2n) is 7.38. The molecule has 0 bridgehead atoms. The molecule has 1 saturated heterocycles. The second-order valence-corrected chi connectivity index (χ2v) is 7.38. The lowest BCUT2D eigenvalue weighted by Crippen LogP contribution is -2.60. The zero-order chi connectivity index (χ0) is 17.9. The molecule has 4 nitrogen and oxygen atoms in total. The highest BCUT2D eigenvalue weighted by Crippen LogP contribution is 2.36. The Morgan fingerprint density at radius 1 is 1.20 bits per heavy atom. The van der Waals surface area contributed by atoms with Crippen LogP contribution in [-0.4, -0.2) is 48.1 Å². The van der Waals surface area contributed by atoms with Gasteiger partial charge in [0.2, 0.25) is 0 Å². The van der Waals surface area contributed by atoms with Crippen molar-refractivity contribution in [3.05, 3.63) is 47.2 Å². The fraction of sp³-hybridized carbons (Fsp3) is 0.571. The fourth-order valence-electron chi connectivity index (χ4n) is 4.28. The number of nitriles is 1. The maximum atomic E-state index is 8.91. The summed E-state index contributed by atoms with van der Waals surface area (Å²) >= 11 is 0. The molecule has 1 fully saturated rings. The predicted molar refractivity (Wildman–Crippen MR) is 99.9 cm³/mol. The van der Waals surface area contributed by atoms with Gasteiger partial charge in [0.05, 0.1) is 24.0 Å². The Hall–Kier alpha value is -1.83. The molecular formula is C21H29N3O. The third kappa shape index (κ3) is 3.73. The van der Waals surface area contributed by atoms with Gasteiger partial charge in [0.15, 0.2) is 0 Å². The number of nitrogens with zero attached hydrogens (tertiary/aromatic N) is 3. The first-order valence-corrected chi connectivity index (χ1v) is 9.36. The van der Waals surface area contributed by atoms with Gasteiger partial charge in [0, 0.05) is 44.2 Å². The van der Waals surface area contributed by atoms with Gasteiger partial charge in [0.1, 0.15) is 0 Å². The molecule has 4 heteroatoms. The minimum absolute atomic E-state index is 0.142. The van der Waals surface area contributed by atoms with Crippen LogP contribution >= 0.6 is 0 Å². The van der Waals surface area contributed by atoms with Crippen LogP contribution in [-0.2, 0) is 11.3 Å². The maximum absolute atomic E-state index is 8.91. The van der Waals surface area contributed by atoms with Gasteiger partial charge < -0.3 is 4.74 Å². The standard InChI is InChI=1S/C21H29N3O/c1-4-21(13-18(3)25-16-17(21)2)24-11-9-23(10-12-24)15-20-7-5-19(14-22)6-8-20/h5-8,13,17H,4,9-12,15-16H2,1-3H3/t17-,21+/m0/s1. The molecule has 0 radical (unpaired) electrons. The van der Waals surface area contributed by atoms with Crippen LogP contribution in [0.2, 0.25) is 0 Å². The van der Waals surface area contributed by atoms with Crippen molar-refractivity contribution in [2.24, 2.45) is 5.92 Å². The topological polar surface area (TPSA) is 39.5 Å². The van der Waals surface area contributed by atoms with Crippen molar-refractivity contribution in [3.8, 4) is 6.07 Å². The number of hydrogen-bond acceptors (Lipinski definition) is 4. The van der Waals surface area contributed by atoms with Gasteiger partial charge in [-0.15, -0.1) is 0 Å². The zero-order valence-electron chi connectivity index (χ0n) is 15.7. The van der Waals surface area contributed by atoms with Crippen LogP contribution in [0.15, 0.2) is 36.1 Å². The van der Waals surface area contributed by atoms with Crippen LogP contribution < -0.4 is 0 Å². The lowest BCUT2D eigenvalue weighted by molar-refractivity contribution is -0.0159. The normalized spacial score (nSPS) is 28.1. The van der Waals surface area contributed by atoms with E-state index in [2.05, 4.69) is 54.8 Å². The lowest BCUT2D eigenvalue weighted by atomic mass is 9.79. The van der Waals surface area contributed by atoms with E-state index in [4.69, 9.17) is 10.00 Å². The average Bonchev–Trinajstić information content (AvgIpc) is 2.65. The lowest BCUT2D eigenvalue weighted by Gasteiger charge is -2.51. The molecule has 1 aromatic rings. The van der Waals surface area contributed by atoms with E-state index in [1.54, 1.807) is 0 Å². The van der Waals surface area contributed by atoms with Crippen molar-refractivity contribution in [1.29, 1.82) is 5.26 Å². The van der Waals surface area contributed by atoms with E-state index in [9.17, 15) is 0 Å². The number of piperazine rings is 1. The number of hydrogen-bond donors (Lipinski definition) is 0. The third-order valence-corrected chi connectivity index (χ3v) is 5.88. The Kier molecular flexibility index (Phi) is 5.46. The summed E-state index contributed by atoms with van der Waals surface area (Å²) in [7, 11) is 0. The third-order valence-electron chi connectivity index (χ3n) is 5.88. The van der Waals surface area contributed by atoms with Crippen molar-refractivity contribution in [2.75, 3.05) is 32.8 Å². The van der Waals surface area contributed by atoms with Crippen molar-refractivity contribution in [1.82, 2.24) is 9.80 Å². The van der Waals surface area contributed by atoms with Crippen LogP contribution in [0.25, 0.3) is 0 Å². The highest BCUT2D eigenvalue weighted by molar-refractivity contribution is 5.31. The molecule has 0 spiro atoms. The summed E-state index contributed by atoms with van der Waals surface area (Å²) in [6, 6.07) is 10.2. The second kappa shape index (κ2) is 7.59. The van der Waals surface area contributed by atoms with E-state index >= 15 is 0 Å². The number of ether oxygens (including phenoxy) is 1. The highest BCUT2D eigenvalue weighted by atomic mass is 16.5. The van der Waals surface area contributed by atoms with Crippen LogP contribution in [0.4, 0.5) is 0 Å². The summed E-state index contributed by atoms with van der Waals surface area (Å²) in [4.78, 5) is 5.18. The van der Waals surface area contributed by atoms with Gasteiger partial charge in [-0.3, -0.25) is 9.80 Å². The molecule has 0 aliphatic carbocycles. The van der Waals surface area contributed by atoms with Crippen molar-refractivity contribution < 1.29 is 4.74 Å². The molecule has 2 atom stereocenters. The first-order chi connectivity index (χ1) is 12.1. The monoisotopic (exact) mass is 339 g/mol. The van der Waals surface area contributed by atoms with Crippen LogP contribution in [0.5, 0.6) is 0 Å². The molecular weight excluding hydrogens is 310 g/mol. The summed E-state index contributed by atoms with van der Waals surface area (Å²) in [5.41, 5.74) is 2.16. The molecule has 0 amide bonds. The van der Waals surface area contributed by atoms with Crippen LogP contribution in [0, 0.1) is 17.2 Å². The largest absolute Gasteiger partial charge is 0.498 e. The summed E-state index contributed by atoms with van der Waals surface area (Å²) in [5, 5.41) is 8.91. The fourth-order valence-corrected chi connectivity index (χ4v) is 4.28. The zero-order valence-corrected chi connectivity index (χ0v) is 15.7. The number of rotatable bonds is 4. The van der Waals surface area contributed by atoms with E-state index in [1.807, 2.05) is 12.1 Å². The summed E-state index contributed by atoms with van der Waals surface area (Å²) in [6.45, 7) is 12.8. The summed E-state index contributed by atoms with van der Waals surface area (Å²) < 4.78 is 5.76. The van der Waals surface area contributed by atoms with Crippen molar-refractivity contribution in [2.45, 2.75) is 39.3 Å². The predicted octanol–water partition coefficient (Wildman–Crippen LogP) is 3.39. The molecule has 0 saturated carbocycles. The molecule has 2 aliphatic heterocycles. The Labute approximate surface area is 151 Å². The van der Waals surface area contributed by atoms with E-state index in [0.29, 0.717) is 5.92 Å². The van der Waals surface area contributed by atoms with Gasteiger partial charge in [-0.05, 0) is 37.1 Å². The molecule has 1 aromatic carbocycles. The van der Waals surface area contributed by atoms with E-state index < -0.39 is 0 Å². The van der Waals surface area contributed by atoms with Gasteiger partial charge >= 0.3 is 0 Å². The Morgan fingerprint density at radius 2 is 1.88 bits per heavy atom. The summed E-state index contributed by atoms with van der Waals surface area (Å²) in [5.74, 6) is 1.59. The Morgan fingerprint density at radius 3 is 2.48 bits per heavy atom. The van der Waals surface area contributed by atoms with E-state index in [0.717, 1.165) is 57.1 Å². The first kappa shape index (κ1) is 18.0. The van der Waals surface area contributed by atoms with Crippen LogP contribution in [0.1, 0.15) is 38.3 Å². The highest BCUT2D eigenvalue weighted by Gasteiger charge is 2.42. The molecule has 0 N–H and O–H groups in total. The molecule has 134 valence electrons. The molecule has 2 heterocycles. The maximum Gasteiger partial charge on any atom is 0.0991 e. The number of allylic oxidation sites excluding steroid dienone is 1. The van der Waals surface area contributed by atoms with Gasteiger partial charge in [-0.1, -0.05) is 26.0 Å². The Bertz CT molecular complexity index is 653. The van der Waals surface area contributed by atoms with Gasteiger partial charge in [-0.25, -0.2) is 0 Å². The van der Waals surface area contributed by atoms with E-state index in [-0.39, 0.29) is 5.54 Å². The van der Waals surface area contributed by atoms with Crippen molar-refractivity contribution in [3.63, 3.8) is 0 Å². The molecule has 3 rings (SSSR count). The quantitative estimate of drug-likeness (QED) is 0.843. The van der Waals surface area contributed by atoms with E-state index in [1.165, 1.54) is 5.56 Å². The smallest absolute Gasteiger partial charge is 0.0991 e. The van der Waals surface area contributed by atoms with Crippen molar-refractivity contribution >= 4 is 0 Å².